The van der Waals surface area contributed by atoms with E-state index in [1.165, 1.54) is 6.42 Å². The third-order valence-corrected chi connectivity index (χ3v) is 3.24. The van der Waals surface area contributed by atoms with Gasteiger partial charge in [-0.15, -0.1) is 0 Å². The Balaban J connectivity index is 0.000000667. The number of allylic oxidation sites excluding steroid dienone is 2. The second kappa shape index (κ2) is 12.3. The summed E-state index contributed by atoms with van der Waals surface area (Å²) in [6.45, 7) is 12.2. The average molecular weight is 328 g/mol. The van der Waals surface area contributed by atoms with E-state index in [2.05, 4.69) is 26.0 Å². The molecule has 1 aromatic heterocycles. The quantitative estimate of drug-likeness (QED) is 0.697. The maximum Gasteiger partial charge on any atom is 0.258 e. The van der Waals surface area contributed by atoms with Gasteiger partial charge in [0, 0.05) is 17.7 Å². The van der Waals surface area contributed by atoms with Crippen molar-refractivity contribution in [3.05, 3.63) is 57.3 Å². The van der Waals surface area contributed by atoms with Crippen molar-refractivity contribution in [2.45, 2.75) is 54.4 Å². The van der Waals surface area contributed by atoms with Crippen molar-refractivity contribution in [3.8, 4) is 0 Å². The van der Waals surface area contributed by atoms with Crippen molar-refractivity contribution in [2.75, 3.05) is 0 Å². The molecule has 1 aliphatic rings. The van der Waals surface area contributed by atoms with E-state index in [4.69, 9.17) is 0 Å². The molecular formula is C22H33NO. The molecule has 0 fully saturated rings. The Labute approximate surface area is 146 Å². The first-order valence-electron chi connectivity index (χ1n) is 9.15. The van der Waals surface area contributed by atoms with Gasteiger partial charge in [-0.05, 0) is 23.9 Å². The molecule has 0 amide bonds. The molecular weight excluding hydrogens is 294 g/mol. The zero-order valence-corrected chi connectivity index (χ0v) is 16.4. The van der Waals surface area contributed by atoms with Gasteiger partial charge in [0.15, 0.2) is 0 Å². The van der Waals surface area contributed by atoms with Gasteiger partial charge in [-0.1, -0.05) is 84.4 Å². The van der Waals surface area contributed by atoms with Crippen LogP contribution in [0.15, 0.2) is 41.2 Å². The Morgan fingerprint density at radius 1 is 1.00 bits per heavy atom. The Bertz CT molecular complexity index is 810. The predicted molar refractivity (Wildman–Crippen MR) is 110 cm³/mol. The Morgan fingerprint density at radius 2 is 1.54 bits per heavy atom. The molecule has 0 radical (unpaired) electrons. The van der Waals surface area contributed by atoms with Crippen molar-refractivity contribution in [1.82, 2.24) is 4.57 Å². The van der Waals surface area contributed by atoms with Crippen LogP contribution < -0.4 is 16.1 Å². The number of nitrogens with zero attached hydrogens (tertiary/aromatic N) is 1. The first kappa shape index (κ1) is 21.9. The molecule has 1 heterocycles. The summed E-state index contributed by atoms with van der Waals surface area (Å²) in [5, 5.41) is 3.99. The maximum atomic E-state index is 12.2. The van der Waals surface area contributed by atoms with Crippen LogP contribution in [-0.2, 0) is 7.05 Å². The summed E-state index contributed by atoms with van der Waals surface area (Å²) in [4.78, 5) is 12.2. The summed E-state index contributed by atoms with van der Waals surface area (Å²) in [6, 6.07) is 7.80. The van der Waals surface area contributed by atoms with Crippen LogP contribution in [0, 0.1) is 0 Å². The lowest BCUT2D eigenvalue weighted by atomic mass is 10.1. The maximum absolute atomic E-state index is 12.2. The molecule has 0 spiro atoms. The zero-order valence-electron chi connectivity index (χ0n) is 16.4. The molecule has 2 nitrogen and oxygen atoms in total. The number of pyridine rings is 1. The summed E-state index contributed by atoms with van der Waals surface area (Å²) in [5.74, 6) is 0. The number of rotatable bonds is 0. The highest BCUT2D eigenvalue weighted by molar-refractivity contribution is 5.83. The molecule has 1 aliphatic carbocycles. The van der Waals surface area contributed by atoms with Crippen molar-refractivity contribution < 1.29 is 0 Å². The lowest BCUT2D eigenvalue weighted by Crippen LogP contribution is -2.41. The molecule has 0 unspecified atom stereocenters. The summed E-state index contributed by atoms with van der Waals surface area (Å²) < 4.78 is 1.73. The lowest BCUT2D eigenvalue weighted by molar-refractivity contribution is 0.831. The van der Waals surface area contributed by atoms with Crippen molar-refractivity contribution >= 4 is 22.9 Å². The third kappa shape index (κ3) is 5.23. The van der Waals surface area contributed by atoms with Crippen LogP contribution in [0.4, 0.5) is 0 Å². The Kier molecular flexibility index (Phi) is 11.3. The van der Waals surface area contributed by atoms with E-state index >= 15 is 0 Å². The van der Waals surface area contributed by atoms with Crippen LogP contribution in [0.5, 0.6) is 0 Å². The van der Waals surface area contributed by atoms with Gasteiger partial charge in [0.25, 0.3) is 5.56 Å². The van der Waals surface area contributed by atoms with E-state index < -0.39 is 0 Å². The fraction of sp³-hybridized carbons (Fsp3) is 0.409. The monoisotopic (exact) mass is 327 g/mol. The Morgan fingerprint density at radius 3 is 2.12 bits per heavy atom. The average Bonchev–Trinajstić information content (AvgIpc) is 2.90. The van der Waals surface area contributed by atoms with E-state index in [0.29, 0.717) is 0 Å². The highest BCUT2D eigenvalue weighted by Crippen LogP contribution is 2.03. The molecule has 0 saturated carbocycles. The van der Waals surface area contributed by atoms with E-state index in [-0.39, 0.29) is 5.56 Å². The fourth-order valence-electron chi connectivity index (χ4n) is 2.35. The molecule has 2 aromatic rings. The number of hydrogen-bond acceptors (Lipinski definition) is 1. The predicted octanol–water partition coefficient (Wildman–Crippen LogP) is 4.53. The third-order valence-electron chi connectivity index (χ3n) is 3.24. The number of hydrogen-bond donors (Lipinski definition) is 0. The van der Waals surface area contributed by atoms with Crippen LogP contribution in [0.2, 0.25) is 0 Å². The van der Waals surface area contributed by atoms with Crippen molar-refractivity contribution in [3.63, 3.8) is 0 Å². The molecule has 0 bridgehead atoms. The SMILES string of the molecule is CC.CC.CCC.Cn1c2c(c3ccccc3c1=O)=CCC=CC=2. The van der Waals surface area contributed by atoms with Gasteiger partial charge in [-0.2, -0.15) is 0 Å². The lowest BCUT2D eigenvalue weighted by Gasteiger charge is -2.04. The largest absolute Gasteiger partial charge is 0.311 e. The fourth-order valence-corrected chi connectivity index (χ4v) is 2.35. The summed E-state index contributed by atoms with van der Waals surface area (Å²) in [6.07, 6.45) is 10.4. The van der Waals surface area contributed by atoms with Gasteiger partial charge in [-0.25, -0.2) is 0 Å². The van der Waals surface area contributed by atoms with Crippen LogP contribution in [0.1, 0.15) is 54.4 Å². The van der Waals surface area contributed by atoms with Gasteiger partial charge >= 0.3 is 0 Å². The van der Waals surface area contributed by atoms with Crippen molar-refractivity contribution in [2.24, 2.45) is 7.05 Å². The minimum absolute atomic E-state index is 0.0688. The molecule has 0 aliphatic heterocycles. The van der Waals surface area contributed by atoms with Gasteiger partial charge < -0.3 is 4.57 Å². The van der Waals surface area contributed by atoms with E-state index in [9.17, 15) is 4.79 Å². The summed E-state index contributed by atoms with van der Waals surface area (Å²) >= 11 is 0. The molecule has 2 heteroatoms. The van der Waals surface area contributed by atoms with Crippen LogP contribution >= 0.6 is 0 Å². The molecule has 24 heavy (non-hydrogen) atoms. The van der Waals surface area contributed by atoms with E-state index in [1.54, 1.807) is 4.57 Å². The van der Waals surface area contributed by atoms with E-state index in [1.807, 2.05) is 71.2 Å². The molecule has 1 aromatic carbocycles. The smallest absolute Gasteiger partial charge is 0.258 e. The standard InChI is InChI=1S/C15H13NO.C3H8.2C2H6/c1-16-14-10-4-2-3-8-12(14)11-7-5-6-9-13(11)15(16)17;1-3-2;2*1-2/h2,4-10H,3H2,1H3;3H2,1-2H3;2*1-2H3. The summed E-state index contributed by atoms with van der Waals surface area (Å²) in [5.41, 5.74) is 0.0688. The number of fused-ring (bicyclic) bond motifs is 3. The molecule has 3 rings (SSSR count). The molecule has 0 atom stereocenters. The van der Waals surface area contributed by atoms with Crippen LogP contribution in [0.25, 0.3) is 22.9 Å². The van der Waals surface area contributed by atoms with Gasteiger partial charge in [0.05, 0.1) is 5.35 Å². The minimum Gasteiger partial charge on any atom is -0.311 e. The number of benzene rings is 1. The molecule has 0 saturated heterocycles. The second-order valence-corrected chi connectivity index (χ2v) is 4.95. The van der Waals surface area contributed by atoms with Crippen LogP contribution in [0.3, 0.4) is 0 Å². The van der Waals surface area contributed by atoms with Gasteiger partial charge in [0.1, 0.15) is 0 Å². The van der Waals surface area contributed by atoms with E-state index in [0.717, 1.165) is 27.8 Å². The summed E-state index contributed by atoms with van der Waals surface area (Å²) in [7, 11) is 1.83. The Hall–Kier alpha value is -2.09. The molecule has 132 valence electrons. The van der Waals surface area contributed by atoms with Gasteiger partial charge in [0.2, 0.25) is 0 Å². The zero-order chi connectivity index (χ0) is 18.5. The van der Waals surface area contributed by atoms with Gasteiger partial charge in [-0.3, -0.25) is 4.79 Å². The first-order chi connectivity index (χ1) is 11.7. The second-order valence-electron chi connectivity index (χ2n) is 4.95. The number of aromatic nitrogens is 1. The highest BCUT2D eigenvalue weighted by atomic mass is 16.1. The normalized spacial score (nSPS) is 11.0. The first-order valence-corrected chi connectivity index (χ1v) is 9.15. The minimum atomic E-state index is 0.0688. The topological polar surface area (TPSA) is 22.0 Å². The van der Waals surface area contributed by atoms with Crippen LogP contribution in [-0.4, -0.2) is 4.57 Å². The molecule has 0 N–H and O–H groups in total. The van der Waals surface area contributed by atoms with Crippen molar-refractivity contribution in [1.29, 1.82) is 0 Å². The highest BCUT2D eigenvalue weighted by Gasteiger charge is 2.04.